The number of guanidine groups is 1. The first-order chi connectivity index (χ1) is 11.6. The number of hydrogen-bond acceptors (Lipinski definition) is 5. The summed E-state index contributed by atoms with van der Waals surface area (Å²) in [7, 11) is 0. The zero-order valence-corrected chi connectivity index (χ0v) is 18.2. The molecule has 7 nitrogen and oxygen atoms in total. The van der Waals surface area contributed by atoms with Gasteiger partial charge in [-0.2, -0.15) is 4.98 Å². The van der Waals surface area contributed by atoms with E-state index in [4.69, 9.17) is 9.63 Å². The zero-order valence-electron chi connectivity index (χ0n) is 15.9. The lowest BCUT2D eigenvalue weighted by Crippen LogP contribution is -2.38. The summed E-state index contributed by atoms with van der Waals surface area (Å²) in [5.41, 5.74) is 0. The molecule has 0 radical (unpaired) electrons. The molecular weight excluding hydrogens is 433 g/mol. The standard InChI is InChI=1S/C17H33N5O2.HI/c1-5-7-14(9-11-23)12-20-17(18-6-2)19-10-8-15-21-16(13(3)4)22-24-15;/h13-14,23H,5-12H2,1-4H3,(H2,18,19,20);1H. The van der Waals surface area contributed by atoms with Crippen molar-refractivity contribution in [3.63, 3.8) is 0 Å². The molecule has 0 aliphatic heterocycles. The fourth-order valence-electron chi connectivity index (χ4n) is 2.37. The molecule has 0 spiro atoms. The van der Waals surface area contributed by atoms with Crippen LogP contribution < -0.4 is 10.6 Å². The Morgan fingerprint density at radius 1 is 1.24 bits per heavy atom. The molecule has 8 heteroatoms. The minimum atomic E-state index is 0. The Kier molecular flexibility index (Phi) is 13.8. The number of nitrogens with one attached hydrogen (secondary N) is 2. The van der Waals surface area contributed by atoms with Crippen LogP contribution in [0.15, 0.2) is 9.52 Å². The minimum absolute atomic E-state index is 0. The van der Waals surface area contributed by atoms with Crippen LogP contribution in [-0.4, -0.2) is 47.4 Å². The van der Waals surface area contributed by atoms with Crippen LogP contribution in [0, 0.1) is 5.92 Å². The fourth-order valence-corrected chi connectivity index (χ4v) is 2.37. The molecule has 1 aromatic rings. The van der Waals surface area contributed by atoms with Crippen molar-refractivity contribution < 1.29 is 9.63 Å². The van der Waals surface area contributed by atoms with E-state index in [2.05, 4.69) is 32.7 Å². The Balaban J connectivity index is 0.00000576. The summed E-state index contributed by atoms with van der Waals surface area (Å²) >= 11 is 0. The van der Waals surface area contributed by atoms with Crippen LogP contribution in [0.25, 0.3) is 0 Å². The number of nitrogens with zero attached hydrogens (tertiary/aromatic N) is 3. The quantitative estimate of drug-likeness (QED) is 0.263. The van der Waals surface area contributed by atoms with E-state index >= 15 is 0 Å². The Hall–Kier alpha value is -0.900. The van der Waals surface area contributed by atoms with E-state index in [-0.39, 0.29) is 36.5 Å². The molecule has 0 bridgehead atoms. The van der Waals surface area contributed by atoms with Gasteiger partial charge in [0.05, 0.1) is 0 Å². The molecule has 1 heterocycles. The van der Waals surface area contributed by atoms with Crippen molar-refractivity contribution in [2.45, 2.75) is 59.3 Å². The third-order valence-electron chi connectivity index (χ3n) is 3.72. The smallest absolute Gasteiger partial charge is 0.228 e. The number of hydrogen-bond donors (Lipinski definition) is 3. The highest BCUT2D eigenvalue weighted by molar-refractivity contribution is 14.0. The molecule has 3 N–H and O–H groups in total. The van der Waals surface area contributed by atoms with Crippen molar-refractivity contribution in [2.24, 2.45) is 10.9 Å². The van der Waals surface area contributed by atoms with E-state index in [1.54, 1.807) is 0 Å². The fraction of sp³-hybridized carbons (Fsp3) is 0.824. The van der Waals surface area contributed by atoms with E-state index < -0.39 is 0 Å². The second kappa shape index (κ2) is 14.3. The maximum absolute atomic E-state index is 9.14. The highest BCUT2D eigenvalue weighted by Gasteiger charge is 2.10. The summed E-state index contributed by atoms with van der Waals surface area (Å²) < 4.78 is 5.24. The number of aromatic nitrogens is 2. The lowest BCUT2D eigenvalue weighted by atomic mass is 10.0. The molecule has 0 aliphatic carbocycles. The van der Waals surface area contributed by atoms with Gasteiger partial charge in [-0.1, -0.05) is 32.3 Å². The maximum Gasteiger partial charge on any atom is 0.228 e. The first kappa shape index (κ1) is 24.1. The van der Waals surface area contributed by atoms with E-state index in [9.17, 15) is 0 Å². The molecule has 1 unspecified atom stereocenters. The van der Waals surface area contributed by atoms with Crippen molar-refractivity contribution in [3.05, 3.63) is 11.7 Å². The lowest BCUT2D eigenvalue weighted by Gasteiger charge is -2.15. The molecule has 1 atom stereocenters. The van der Waals surface area contributed by atoms with Crippen LogP contribution >= 0.6 is 24.0 Å². The van der Waals surface area contributed by atoms with Gasteiger partial charge in [0.25, 0.3) is 0 Å². The normalized spacial score (nSPS) is 12.8. The minimum Gasteiger partial charge on any atom is -0.396 e. The largest absolute Gasteiger partial charge is 0.396 e. The lowest BCUT2D eigenvalue weighted by molar-refractivity contribution is 0.253. The van der Waals surface area contributed by atoms with E-state index in [1.165, 1.54) is 0 Å². The molecule has 1 aromatic heterocycles. The predicted molar refractivity (Wildman–Crippen MR) is 112 cm³/mol. The van der Waals surface area contributed by atoms with Crippen molar-refractivity contribution in [2.75, 3.05) is 26.2 Å². The first-order valence-electron chi connectivity index (χ1n) is 9.06. The van der Waals surface area contributed by atoms with Crippen molar-refractivity contribution in [3.8, 4) is 0 Å². The van der Waals surface area contributed by atoms with Gasteiger partial charge < -0.3 is 20.3 Å². The zero-order chi connectivity index (χ0) is 17.8. The number of rotatable bonds is 11. The van der Waals surface area contributed by atoms with Crippen molar-refractivity contribution >= 4 is 29.9 Å². The summed E-state index contributed by atoms with van der Waals surface area (Å²) in [6, 6.07) is 0. The van der Waals surface area contributed by atoms with Gasteiger partial charge in [-0.15, -0.1) is 24.0 Å². The molecule has 0 saturated carbocycles. The van der Waals surface area contributed by atoms with E-state index in [0.29, 0.717) is 24.8 Å². The van der Waals surface area contributed by atoms with Gasteiger partial charge in [0, 0.05) is 38.6 Å². The number of halogens is 1. The molecule has 0 aromatic carbocycles. The van der Waals surface area contributed by atoms with Crippen LogP contribution in [0.1, 0.15) is 64.6 Å². The van der Waals surface area contributed by atoms with E-state index in [1.807, 2.05) is 20.8 Å². The predicted octanol–water partition coefficient (Wildman–Crippen LogP) is 2.71. The summed E-state index contributed by atoms with van der Waals surface area (Å²) in [5, 5.41) is 19.6. The highest BCUT2D eigenvalue weighted by Crippen LogP contribution is 2.11. The molecule has 146 valence electrons. The second-order valence-electron chi connectivity index (χ2n) is 6.26. The molecular formula is C17H34IN5O2. The Labute approximate surface area is 168 Å². The molecule has 1 rings (SSSR count). The van der Waals surface area contributed by atoms with Crippen LogP contribution in [-0.2, 0) is 6.42 Å². The van der Waals surface area contributed by atoms with Crippen LogP contribution in [0.3, 0.4) is 0 Å². The Morgan fingerprint density at radius 3 is 2.56 bits per heavy atom. The van der Waals surface area contributed by atoms with Crippen LogP contribution in [0.5, 0.6) is 0 Å². The van der Waals surface area contributed by atoms with Gasteiger partial charge in [-0.25, -0.2) is 0 Å². The first-order valence-corrected chi connectivity index (χ1v) is 9.06. The number of aliphatic hydroxyl groups is 1. The van der Waals surface area contributed by atoms with Crippen LogP contribution in [0.4, 0.5) is 0 Å². The van der Waals surface area contributed by atoms with Gasteiger partial charge in [0.1, 0.15) is 0 Å². The summed E-state index contributed by atoms with van der Waals surface area (Å²) in [4.78, 5) is 9.00. The average Bonchev–Trinajstić information content (AvgIpc) is 3.02. The molecule has 0 aliphatic rings. The number of aliphatic imine (C=N–C) groups is 1. The second-order valence-corrected chi connectivity index (χ2v) is 6.26. The monoisotopic (exact) mass is 467 g/mol. The molecule has 0 amide bonds. The Morgan fingerprint density at radius 2 is 2.00 bits per heavy atom. The third-order valence-corrected chi connectivity index (χ3v) is 3.72. The summed E-state index contributed by atoms with van der Waals surface area (Å²) in [6.07, 6.45) is 3.67. The number of aliphatic hydroxyl groups excluding tert-OH is 1. The van der Waals surface area contributed by atoms with Gasteiger partial charge in [-0.05, 0) is 25.7 Å². The SMILES string of the molecule is CCCC(CCO)CN=C(NCC)NCCc1nc(C(C)C)no1.I. The van der Waals surface area contributed by atoms with Gasteiger partial charge in [-0.3, -0.25) is 4.99 Å². The summed E-state index contributed by atoms with van der Waals surface area (Å²) in [6.45, 7) is 10.7. The van der Waals surface area contributed by atoms with Gasteiger partial charge in [0.2, 0.25) is 5.89 Å². The van der Waals surface area contributed by atoms with Crippen LogP contribution in [0.2, 0.25) is 0 Å². The molecule has 0 fully saturated rings. The van der Waals surface area contributed by atoms with E-state index in [0.717, 1.165) is 44.1 Å². The van der Waals surface area contributed by atoms with Crippen molar-refractivity contribution in [1.82, 2.24) is 20.8 Å². The summed E-state index contributed by atoms with van der Waals surface area (Å²) in [5.74, 6) is 2.89. The highest BCUT2D eigenvalue weighted by atomic mass is 127. The van der Waals surface area contributed by atoms with Gasteiger partial charge in [0.15, 0.2) is 11.8 Å². The third kappa shape index (κ3) is 9.98. The van der Waals surface area contributed by atoms with Crippen molar-refractivity contribution in [1.29, 1.82) is 0 Å². The van der Waals surface area contributed by atoms with Gasteiger partial charge >= 0.3 is 0 Å². The molecule has 25 heavy (non-hydrogen) atoms. The average molecular weight is 467 g/mol. The maximum atomic E-state index is 9.14. The molecule has 0 saturated heterocycles. The topological polar surface area (TPSA) is 95.6 Å². The Bertz CT molecular complexity index is 473.